The van der Waals surface area contributed by atoms with E-state index < -0.39 is 6.10 Å². The zero-order chi connectivity index (χ0) is 10.6. The lowest BCUT2D eigenvalue weighted by molar-refractivity contribution is 0.0505. The molecular weight excluding hydrogens is 176 g/mol. The molecule has 0 aliphatic heterocycles. The monoisotopic (exact) mass is 194 g/mol. The van der Waals surface area contributed by atoms with Crippen molar-refractivity contribution in [2.45, 2.75) is 20.0 Å². The van der Waals surface area contributed by atoms with Crippen molar-refractivity contribution in [1.82, 2.24) is 10.3 Å². The fraction of sp³-hybridized carbons (Fsp3) is 0.545. The molecule has 1 aromatic rings. The highest BCUT2D eigenvalue weighted by atomic mass is 16.3. The summed E-state index contributed by atoms with van der Waals surface area (Å²) in [4.78, 5) is 3.93. The molecule has 14 heavy (non-hydrogen) atoms. The Morgan fingerprint density at radius 3 is 2.50 bits per heavy atom. The molecule has 0 radical (unpaired) electrons. The minimum atomic E-state index is -0.460. The van der Waals surface area contributed by atoms with E-state index >= 15 is 0 Å². The van der Waals surface area contributed by atoms with Crippen molar-refractivity contribution in [3.63, 3.8) is 0 Å². The number of pyridine rings is 1. The van der Waals surface area contributed by atoms with E-state index in [1.807, 2.05) is 33.0 Å². The molecule has 0 saturated heterocycles. The van der Waals surface area contributed by atoms with Crippen molar-refractivity contribution in [3.05, 3.63) is 30.1 Å². The van der Waals surface area contributed by atoms with Gasteiger partial charge in [-0.1, -0.05) is 13.8 Å². The van der Waals surface area contributed by atoms with Crippen molar-refractivity contribution >= 4 is 0 Å². The summed E-state index contributed by atoms with van der Waals surface area (Å²) in [5, 5.41) is 13.2. The van der Waals surface area contributed by atoms with Crippen LogP contribution in [0.15, 0.2) is 24.5 Å². The fourth-order valence-corrected chi connectivity index (χ4v) is 1.55. The molecule has 1 atom stereocenters. The van der Waals surface area contributed by atoms with Crippen LogP contribution in [0.2, 0.25) is 0 Å². The summed E-state index contributed by atoms with van der Waals surface area (Å²) in [6, 6.07) is 3.70. The molecule has 0 spiro atoms. The van der Waals surface area contributed by atoms with E-state index in [0.29, 0.717) is 0 Å². The Morgan fingerprint density at radius 1 is 1.43 bits per heavy atom. The van der Waals surface area contributed by atoms with Crippen molar-refractivity contribution < 1.29 is 5.11 Å². The maximum absolute atomic E-state index is 10.1. The standard InChI is InChI=1S/C11H18N2O/c1-11(2,8-12-3)10(14)9-4-6-13-7-5-9/h4-7,10,12,14H,8H2,1-3H3. The van der Waals surface area contributed by atoms with Crippen LogP contribution in [0.3, 0.4) is 0 Å². The smallest absolute Gasteiger partial charge is 0.0854 e. The molecule has 1 aromatic heterocycles. The van der Waals surface area contributed by atoms with Gasteiger partial charge < -0.3 is 10.4 Å². The molecule has 0 bridgehead atoms. The molecule has 0 amide bonds. The highest BCUT2D eigenvalue weighted by Gasteiger charge is 2.28. The predicted octanol–water partition coefficient (Wildman–Crippen LogP) is 1.36. The summed E-state index contributed by atoms with van der Waals surface area (Å²) in [5.74, 6) is 0. The van der Waals surface area contributed by atoms with Gasteiger partial charge in [0.05, 0.1) is 6.10 Å². The van der Waals surface area contributed by atoms with Crippen molar-refractivity contribution in [2.24, 2.45) is 5.41 Å². The van der Waals surface area contributed by atoms with Gasteiger partial charge in [-0.2, -0.15) is 0 Å². The molecule has 0 aliphatic rings. The second kappa shape index (κ2) is 4.53. The molecule has 0 aliphatic carbocycles. The SMILES string of the molecule is CNCC(C)(C)C(O)c1ccncc1. The summed E-state index contributed by atoms with van der Waals surface area (Å²) in [7, 11) is 1.89. The number of aliphatic hydroxyl groups excluding tert-OH is 1. The number of aromatic nitrogens is 1. The van der Waals surface area contributed by atoms with Gasteiger partial charge in [-0.25, -0.2) is 0 Å². The Morgan fingerprint density at radius 2 is 2.00 bits per heavy atom. The Bertz CT molecular complexity index is 272. The average molecular weight is 194 g/mol. The second-order valence-electron chi connectivity index (χ2n) is 4.20. The number of hydrogen-bond donors (Lipinski definition) is 2. The van der Waals surface area contributed by atoms with Crippen LogP contribution < -0.4 is 5.32 Å². The van der Waals surface area contributed by atoms with E-state index in [9.17, 15) is 5.11 Å². The maximum Gasteiger partial charge on any atom is 0.0854 e. The van der Waals surface area contributed by atoms with Crippen LogP contribution in [0.4, 0.5) is 0 Å². The third-order valence-electron chi connectivity index (χ3n) is 2.39. The molecule has 78 valence electrons. The van der Waals surface area contributed by atoms with Gasteiger partial charge in [-0.15, -0.1) is 0 Å². The van der Waals surface area contributed by atoms with E-state index in [2.05, 4.69) is 10.3 Å². The van der Waals surface area contributed by atoms with Gasteiger partial charge in [0, 0.05) is 24.4 Å². The molecular formula is C11H18N2O. The van der Waals surface area contributed by atoms with Gasteiger partial charge >= 0.3 is 0 Å². The zero-order valence-corrected chi connectivity index (χ0v) is 8.99. The lowest BCUT2D eigenvalue weighted by atomic mass is 9.83. The molecule has 3 nitrogen and oxygen atoms in total. The van der Waals surface area contributed by atoms with Gasteiger partial charge in [0.1, 0.15) is 0 Å². The van der Waals surface area contributed by atoms with Crippen LogP contribution in [0.5, 0.6) is 0 Å². The number of nitrogens with one attached hydrogen (secondary N) is 1. The third kappa shape index (κ3) is 2.53. The largest absolute Gasteiger partial charge is 0.388 e. The molecule has 1 unspecified atom stereocenters. The number of nitrogens with zero attached hydrogens (tertiary/aromatic N) is 1. The number of hydrogen-bond acceptors (Lipinski definition) is 3. The van der Waals surface area contributed by atoms with Crippen molar-refractivity contribution in [2.75, 3.05) is 13.6 Å². The van der Waals surface area contributed by atoms with Crippen LogP contribution in [0.1, 0.15) is 25.5 Å². The summed E-state index contributed by atoms with van der Waals surface area (Å²) in [6.45, 7) is 4.85. The minimum absolute atomic E-state index is 0.171. The summed E-state index contributed by atoms with van der Waals surface area (Å²) >= 11 is 0. The summed E-state index contributed by atoms with van der Waals surface area (Å²) in [6.07, 6.45) is 2.94. The van der Waals surface area contributed by atoms with E-state index in [1.54, 1.807) is 12.4 Å². The van der Waals surface area contributed by atoms with Crippen LogP contribution in [0.25, 0.3) is 0 Å². The van der Waals surface area contributed by atoms with Crippen LogP contribution in [0, 0.1) is 5.41 Å². The first-order valence-electron chi connectivity index (χ1n) is 4.80. The van der Waals surface area contributed by atoms with Crippen LogP contribution in [-0.2, 0) is 0 Å². The van der Waals surface area contributed by atoms with Gasteiger partial charge in [0.2, 0.25) is 0 Å². The molecule has 0 fully saturated rings. The van der Waals surface area contributed by atoms with E-state index in [-0.39, 0.29) is 5.41 Å². The number of aliphatic hydroxyl groups is 1. The third-order valence-corrected chi connectivity index (χ3v) is 2.39. The molecule has 1 heterocycles. The summed E-state index contributed by atoms with van der Waals surface area (Å²) in [5.41, 5.74) is 0.746. The molecule has 0 saturated carbocycles. The Labute approximate surface area is 85.2 Å². The Kier molecular flexibility index (Phi) is 3.61. The van der Waals surface area contributed by atoms with E-state index in [4.69, 9.17) is 0 Å². The summed E-state index contributed by atoms with van der Waals surface area (Å²) < 4.78 is 0. The molecule has 2 N–H and O–H groups in total. The maximum atomic E-state index is 10.1. The van der Waals surface area contributed by atoms with Crippen molar-refractivity contribution in [3.8, 4) is 0 Å². The minimum Gasteiger partial charge on any atom is -0.388 e. The quantitative estimate of drug-likeness (QED) is 0.760. The van der Waals surface area contributed by atoms with Crippen molar-refractivity contribution in [1.29, 1.82) is 0 Å². The predicted molar refractivity (Wildman–Crippen MR) is 56.9 cm³/mol. The van der Waals surface area contributed by atoms with Crippen LogP contribution >= 0.6 is 0 Å². The average Bonchev–Trinajstić information content (AvgIpc) is 2.18. The van der Waals surface area contributed by atoms with Crippen LogP contribution in [-0.4, -0.2) is 23.7 Å². The fourth-order valence-electron chi connectivity index (χ4n) is 1.55. The first-order chi connectivity index (χ1) is 6.58. The van der Waals surface area contributed by atoms with E-state index in [0.717, 1.165) is 12.1 Å². The molecule has 0 aromatic carbocycles. The highest BCUT2D eigenvalue weighted by Crippen LogP contribution is 2.31. The lowest BCUT2D eigenvalue weighted by Gasteiger charge is -2.30. The first kappa shape index (κ1) is 11.1. The normalized spacial score (nSPS) is 14.0. The van der Waals surface area contributed by atoms with Gasteiger partial charge in [0.15, 0.2) is 0 Å². The topological polar surface area (TPSA) is 45.1 Å². The lowest BCUT2D eigenvalue weighted by Crippen LogP contribution is -2.32. The zero-order valence-electron chi connectivity index (χ0n) is 8.99. The number of rotatable bonds is 4. The molecule has 1 rings (SSSR count). The highest BCUT2D eigenvalue weighted by molar-refractivity contribution is 5.15. The van der Waals surface area contributed by atoms with Gasteiger partial charge in [-0.05, 0) is 24.7 Å². The Balaban J connectivity index is 2.79. The van der Waals surface area contributed by atoms with Gasteiger partial charge in [0.25, 0.3) is 0 Å². The first-order valence-corrected chi connectivity index (χ1v) is 4.80. The molecule has 3 heteroatoms. The van der Waals surface area contributed by atoms with E-state index in [1.165, 1.54) is 0 Å². The van der Waals surface area contributed by atoms with Gasteiger partial charge in [-0.3, -0.25) is 4.98 Å². The second-order valence-corrected chi connectivity index (χ2v) is 4.20. The Hall–Kier alpha value is -0.930.